The highest BCUT2D eigenvalue weighted by Crippen LogP contribution is 2.59. The molecule has 0 amide bonds. The van der Waals surface area contributed by atoms with Gasteiger partial charge in [0.25, 0.3) is 0 Å². The first-order valence-corrected chi connectivity index (χ1v) is 10.2. The lowest BCUT2D eigenvalue weighted by atomic mass is 9.49. The Morgan fingerprint density at radius 1 is 1.31 bits per heavy atom. The summed E-state index contributed by atoms with van der Waals surface area (Å²) in [5, 5.41) is 12.1. The van der Waals surface area contributed by atoms with Gasteiger partial charge in [-0.05, 0) is 56.2 Å². The molecule has 0 aromatic heterocycles. The highest BCUT2D eigenvalue weighted by atomic mass is 16.5. The van der Waals surface area contributed by atoms with Crippen molar-refractivity contribution in [3.8, 4) is 5.75 Å². The number of carbonyl (C=O) groups excluding carboxylic acids is 1. The Hall–Kier alpha value is -1.39. The molecule has 1 aliphatic heterocycles. The lowest BCUT2D eigenvalue weighted by Gasteiger charge is -2.63. The number of hydrogen-bond acceptors (Lipinski definition) is 4. The quantitative estimate of drug-likeness (QED) is 0.906. The first-order valence-electron chi connectivity index (χ1n) is 10.2. The number of hydrogen-bond donors (Lipinski definition) is 1. The largest absolute Gasteiger partial charge is 0.496 e. The average molecular weight is 355 g/mol. The summed E-state index contributed by atoms with van der Waals surface area (Å²) in [6.07, 6.45) is 7.30. The summed E-state index contributed by atoms with van der Waals surface area (Å²) in [6.45, 7) is 2.09. The zero-order valence-corrected chi connectivity index (χ0v) is 15.7. The van der Waals surface area contributed by atoms with Gasteiger partial charge in [0.15, 0.2) is 0 Å². The van der Waals surface area contributed by atoms with E-state index in [0.29, 0.717) is 25.0 Å². The number of rotatable bonds is 3. The van der Waals surface area contributed by atoms with Crippen molar-refractivity contribution in [3.05, 3.63) is 29.3 Å². The highest BCUT2D eigenvalue weighted by Gasteiger charge is 2.65. The van der Waals surface area contributed by atoms with Gasteiger partial charge in [-0.15, -0.1) is 0 Å². The molecule has 2 bridgehead atoms. The molecule has 26 heavy (non-hydrogen) atoms. The topological polar surface area (TPSA) is 49.8 Å². The van der Waals surface area contributed by atoms with E-state index in [0.717, 1.165) is 43.2 Å². The number of carbonyl (C=O) groups is 1. The molecule has 2 saturated carbocycles. The lowest BCUT2D eigenvalue weighted by Crippen LogP contribution is -2.73. The Morgan fingerprint density at radius 3 is 2.88 bits per heavy atom. The van der Waals surface area contributed by atoms with Crippen molar-refractivity contribution in [2.24, 2.45) is 5.92 Å². The van der Waals surface area contributed by atoms with Crippen LogP contribution in [0.3, 0.4) is 0 Å². The Balaban J connectivity index is 1.63. The van der Waals surface area contributed by atoms with Gasteiger partial charge in [0, 0.05) is 36.4 Å². The number of ether oxygens (including phenoxy) is 1. The molecule has 1 N–H and O–H groups in total. The third-order valence-corrected chi connectivity index (χ3v) is 7.87. The van der Waals surface area contributed by atoms with Gasteiger partial charge in [-0.2, -0.15) is 0 Å². The van der Waals surface area contributed by atoms with Crippen LogP contribution in [-0.2, 0) is 16.6 Å². The SMILES string of the molecule is COc1cccc2c1[C@]13CCN(CC4CCC4)[C@H](C2)C1(O)CCC(=O)C3. The summed E-state index contributed by atoms with van der Waals surface area (Å²) < 4.78 is 5.71. The van der Waals surface area contributed by atoms with Gasteiger partial charge in [-0.3, -0.25) is 9.69 Å². The minimum Gasteiger partial charge on any atom is -0.496 e. The third kappa shape index (κ3) is 2.12. The summed E-state index contributed by atoms with van der Waals surface area (Å²) >= 11 is 0. The Labute approximate surface area is 155 Å². The first kappa shape index (κ1) is 16.8. The summed E-state index contributed by atoms with van der Waals surface area (Å²) in [5.41, 5.74) is 1.11. The van der Waals surface area contributed by atoms with Crippen molar-refractivity contribution >= 4 is 5.78 Å². The van der Waals surface area contributed by atoms with E-state index in [1.54, 1.807) is 7.11 Å². The third-order valence-electron chi connectivity index (χ3n) is 7.87. The van der Waals surface area contributed by atoms with Crippen LogP contribution < -0.4 is 4.74 Å². The highest BCUT2D eigenvalue weighted by molar-refractivity contribution is 5.83. The fourth-order valence-corrected chi connectivity index (χ4v) is 6.35. The number of piperidine rings is 1. The first-order chi connectivity index (χ1) is 12.6. The van der Waals surface area contributed by atoms with Crippen LogP contribution in [-0.4, -0.2) is 47.6 Å². The van der Waals surface area contributed by atoms with Gasteiger partial charge in [0.2, 0.25) is 0 Å². The molecule has 140 valence electrons. The minimum atomic E-state index is -0.815. The molecule has 1 saturated heterocycles. The molecule has 5 rings (SSSR count). The number of Topliss-reactive ketones (excluding diaryl/α,β-unsaturated/α-hetero) is 1. The van der Waals surface area contributed by atoms with Crippen LogP contribution in [0.1, 0.15) is 56.1 Å². The lowest BCUT2D eigenvalue weighted by molar-refractivity contribution is -0.175. The fourth-order valence-electron chi connectivity index (χ4n) is 6.35. The zero-order chi connectivity index (χ0) is 17.9. The van der Waals surface area contributed by atoms with E-state index in [2.05, 4.69) is 17.0 Å². The van der Waals surface area contributed by atoms with Crippen LogP contribution in [0.2, 0.25) is 0 Å². The number of aliphatic hydroxyl groups is 1. The predicted molar refractivity (Wildman–Crippen MR) is 99.5 cm³/mol. The number of nitrogens with zero attached hydrogens (tertiary/aromatic N) is 1. The van der Waals surface area contributed by atoms with Crippen LogP contribution in [0.5, 0.6) is 5.75 Å². The van der Waals surface area contributed by atoms with E-state index in [1.807, 2.05) is 6.07 Å². The molecule has 0 radical (unpaired) electrons. The van der Waals surface area contributed by atoms with E-state index >= 15 is 0 Å². The molecule has 3 aliphatic carbocycles. The second-order valence-electron chi connectivity index (χ2n) is 8.98. The van der Waals surface area contributed by atoms with Crippen molar-refractivity contribution < 1.29 is 14.6 Å². The number of benzene rings is 1. The standard InChI is InChI=1S/C22H29NO3/c1-26-18-7-3-6-16-12-19-22(25)9-8-17(24)13-21(22,20(16)18)10-11-23(19)14-15-4-2-5-15/h3,6-7,15,19,25H,2,4-5,8-14H2,1H3/t19-,21-,22?/m1/s1. The van der Waals surface area contributed by atoms with Crippen LogP contribution in [0.15, 0.2) is 18.2 Å². The zero-order valence-electron chi connectivity index (χ0n) is 15.7. The maximum absolute atomic E-state index is 12.5. The van der Waals surface area contributed by atoms with Gasteiger partial charge >= 0.3 is 0 Å². The molecular weight excluding hydrogens is 326 g/mol. The van der Waals surface area contributed by atoms with Crippen LogP contribution in [0.25, 0.3) is 0 Å². The number of fused-ring (bicyclic) bond motifs is 1. The molecular formula is C22H29NO3. The second kappa shape index (κ2) is 5.80. The van der Waals surface area contributed by atoms with Gasteiger partial charge in [-0.1, -0.05) is 18.6 Å². The normalized spacial score (nSPS) is 36.8. The summed E-state index contributed by atoms with van der Waals surface area (Å²) in [4.78, 5) is 15.1. The molecule has 4 nitrogen and oxygen atoms in total. The van der Waals surface area contributed by atoms with Crippen LogP contribution >= 0.6 is 0 Å². The van der Waals surface area contributed by atoms with Crippen molar-refractivity contribution in [1.29, 1.82) is 0 Å². The molecule has 1 aromatic carbocycles. The predicted octanol–water partition coefficient (Wildman–Crippen LogP) is 2.85. The summed E-state index contributed by atoms with van der Waals surface area (Å²) in [7, 11) is 1.70. The summed E-state index contributed by atoms with van der Waals surface area (Å²) in [5.74, 6) is 1.93. The molecule has 0 spiro atoms. The number of likely N-dealkylation sites (tertiary alicyclic amines) is 1. The second-order valence-corrected chi connectivity index (χ2v) is 8.98. The van der Waals surface area contributed by atoms with Crippen molar-refractivity contribution in [2.75, 3.05) is 20.2 Å². The van der Waals surface area contributed by atoms with E-state index in [9.17, 15) is 9.90 Å². The van der Waals surface area contributed by atoms with E-state index in [4.69, 9.17) is 4.74 Å². The van der Waals surface area contributed by atoms with Crippen LogP contribution in [0, 0.1) is 5.92 Å². The van der Waals surface area contributed by atoms with Gasteiger partial charge in [0.05, 0.1) is 12.7 Å². The minimum absolute atomic E-state index is 0.129. The van der Waals surface area contributed by atoms with Gasteiger partial charge in [0.1, 0.15) is 11.5 Å². The molecule has 3 atom stereocenters. The fraction of sp³-hybridized carbons (Fsp3) is 0.682. The van der Waals surface area contributed by atoms with E-state index in [-0.39, 0.29) is 6.04 Å². The molecule has 1 heterocycles. The number of ketones is 1. The van der Waals surface area contributed by atoms with Crippen molar-refractivity contribution in [2.45, 2.75) is 68.4 Å². The van der Waals surface area contributed by atoms with Crippen molar-refractivity contribution in [1.82, 2.24) is 4.90 Å². The molecule has 1 aromatic rings. The monoisotopic (exact) mass is 355 g/mol. The molecule has 3 fully saturated rings. The van der Waals surface area contributed by atoms with Crippen molar-refractivity contribution in [3.63, 3.8) is 0 Å². The van der Waals surface area contributed by atoms with E-state index < -0.39 is 11.0 Å². The smallest absolute Gasteiger partial charge is 0.134 e. The Kier molecular flexibility index (Phi) is 3.74. The Morgan fingerprint density at radius 2 is 2.15 bits per heavy atom. The summed E-state index contributed by atoms with van der Waals surface area (Å²) in [6, 6.07) is 6.35. The van der Waals surface area contributed by atoms with Crippen LogP contribution in [0.4, 0.5) is 0 Å². The molecule has 4 aliphatic rings. The maximum Gasteiger partial charge on any atom is 0.134 e. The van der Waals surface area contributed by atoms with Gasteiger partial charge < -0.3 is 9.84 Å². The van der Waals surface area contributed by atoms with E-state index in [1.165, 1.54) is 24.8 Å². The Bertz CT molecular complexity index is 743. The molecule has 4 heteroatoms. The molecule has 1 unspecified atom stereocenters. The van der Waals surface area contributed by atoms with Gasteiger partial charge in [-0.25, -0.2) is 0 Å². The number of methoxy groups -OCH3 is 1. The maximum atomic E-state index is 12.5. The average Bonchev–Trinajstić information content (AvgIpc) is 2.59.